The Hall–Kier alpha value is -3.34. The third-order valence-corrected chi connectivity index (χ3v) is 7.00. The van der Waals surface area contributed by atoms with Gasteiger partial charge in [-0.25, -0.2) is 4.39 Å². The second kappa shape index (κ2) is 9.73. The normalized spacial score (nSPS) is 16.0. The summed E-state index contributed by atoms with van der Waals surface area (Å²) in [6.45, 7) is 8.47. The van der Waals surface area contributed by atoms with Gasteiger partial charge in [-0.15, -0.1) is 0 Å². The Labute approximate surface area is 206 Å². The number of carboxylic acids is 1. The summed E-state index contributed by atoms with van der Waals surface area (Å²) in [6, 6.07) is 16.8. The number of halogens is 1. The third-order valence-electron chi connectivity index (χ3n) is 7.00. The molecule has 0 aromatic heterocycles. The molecule has 1 N–H and O–H groups in total. The zero-order valence-electron chi connectivity index (χ0n) is 21.0. The SMILES string of the molecule is COc1ccc(F)c(-c2ccc(COc3ccc4c(c3)[C@@H](C(C)C(=O)O)CC4)cc2C(C)(C)C)c1. The number of carboxylic acid groups (broad SMARTS) is 1. The summed E-state index contributed by atoms with van der Waals surface area (Å²) < 4.78 is 26.2. The maximum Gasteiger partial charge on any atom is 0.306 e. The van der Waals surface area contributed by atoms with Crippen LogP contribution in [0, 0.1) is 11.7 Å². The van der Waals surface area contributed by atoms with E-state index in [2.05, 4.69) is 32.9 Å². The van der Waals surface area contributed by atoms with E-state index in [1.807, 2.05) is 24.3 Å². The summed E-state index contributed by atoms with van der Waals surface area (Å²) in [6.07, 6.45) is 1.75. The molecule has 4 rings (SSSR count). The summed E-state index contributed by atoms with van der Waals surface area (Å²) in [5, 5.41) is 9.47. The molecule has 0 saturated carbocycles. The van der Waals surface area contributed by atoms with Crippen molar-refractivity contribution in [1.29, 1.82) is 0 Å². The quantitative estimate of drug-likeness (QED) is 0.394. The Morgan fingerprint density at radius 1 is 1.06 bits per heavy atom. The molecular weight excluding hydrogens is 443 g/mol. The highest BCUT2D eigenvalue weighted by Crippen LogP contribution is 2.41. The van der Waals surface area contributed by atoms with Crippen molar-refractivity contribution in [2.45, 2.75) is 58.5 Å². The second-order valence-electron chi connectivity index (χ2n) is 10.4. The number of carbonyl (C=O) groups is 1. The Balaban J connectivity index is 1.60. The first kappa shape index (κ1) is 24.8. The van der Waals surface area contributed by atoms with Gasteiger partial charge < -0.3 is 14.6 Å². The molecule has 2 atom stereocenters. The molecule has 0 fully saturated rings. The predicted octanol–water partition coefficient (Wildman–Crippen LogP) is 7.13. The number of hydrogen-bond acceptors (Lipinski definition) is 3. The highest BCUT2D eigenvalue weighted by atomic mass is 19.1. The summed E-state index contributed by atoms with van der Waals surface area (Å²) in [7, 11) is 1.58. The van der Waals surface area contributed by atoms with Gasteiger partial charge in [-0.3, -0.25) is 4.79 Å². The fourth-order valence-electron chi connectivity index (χ4n) is 4.93. The number of benzene rings is 3. The molecule has 0 radical (unpaired) electrons. The first-order chi connectivity index (χ1) is 16.6. The molecule has 184 valence electrons. The van der Waals surface area contributed by atoms with E-state index in [0.29, 0.717) is 17.9 Å². The highest BCUT2D eigenvalue weighted by Gasteiger charge is 2.31. The summed E-state index contributed by atoms with van der Waals surface area (Å²) in [5.41, 5.74) is 5.42. The maximum absolute atomic E-state index is 14.8. The van der Waals surface area contributed by atoms with Crippen molar-refractivity contribution in [1.82, 2.24) is 0 Å². The van der Waals surface area contributed by atoms with Crippen LogP contribution in [0.2, 0.25) is 0 Å². The number of ether oxygens (including phenoxy) is 2. The van der Waals surface area contributed by atoms with E-state index in [1.54, 1.807) is 26.2 Å². The second-order valence-corrected chi connectivity index (χ2v) is 10.4. The molecule has 5 heteroatoms. The van der Waals surface area contributed by atoms with Crippen molar-refractivity contribution in [3.63, 3.8) is 0 Å². The van der Waals surface area contributed by atoms with Crippen LogP contribution in [-0.4, -0.2) is 18.2 Å². The Morgan fingerprint density at radius 2 is 1.80 bits per heavy atom. The average molecular weight is 477 g/mol. The van der Waals surface area contributed by atoms with Gasteiger partial charge in [0.25, 0.3) is 0 Å². The minimum absolute atomic E-state index is 0.00980. The van der Waals surface area contributed by atoms with E-state index < -0.39 is 11.9 Å². The van der Waals surface area contributed by atoms with Crippen molar-refractivity contribution in [2.24, 2.45) is 5.92 Å². The van der Waals surface area contributed by atoms with Crippen LogP contribution in [0.3, 0.4) is 0 Å². The van der Waals surface area contributed by atoms with Crippen LogP contribution < -0.4 is 9.47 Å². The molecule has 0 amide bonds. The van der Waals surface area contributed by atoms with Crippen molar-refractivity contribution < 1.29 is 23.8 Å². The minimum atomic E-state index is -0.767. The predicted molar refractivity (Wildman–Crippen MR) is 136 cm³/mol. The van der Waals surface area contributed by atoms with Gasteiger partial charge in [-0.2, -0.15) is 0 Å². The molecular formula is C30H33FO4. The lowest BCUT2D eigenvalue weighted by molar-refractivity contribution is -0.141. The van der Waals surface area contributed by atoms with E-state index in [-0.39, 0.29) is 17.2 Å². The van der Waals surface area contributed by atoms with Gasteiger partial charge in [0.1, 0.15) is 23.9 Å². The van der Waals surface area contributed by atoms with E-state index in [1.165, 1.54) is 11.6 Å². The van der Waals surface area contributed by atoms with Crippen LogP contribution in [0.25, 0.3) is 11.1 Å². The van der Waals surface area contributed by atoms with Gasteiger partial charge in [0, 0.05) is 5.56 Å². The molecule has 0 bridgehead atoms. The molecule has 0 heterocycles. The fourth-order valence-corrected chi connectivity index (χ4v) is 4.93. The largest absolute Gasteiger partial charge is 0.497 e. The number of rotatable bonds is 7. The first-order valence-electron chi connectivity index (χ1n) is 12.0. The van der Waals surface area contributed by atoms with E-state index in [9.17, 15) is 14.3 Å². The lowest BCUT2D eigenvalue weighted by Gasteiger charge is -2.25. The van der Waals surface area contributed by atoms with E-state index in [4.69, 9.17) is 9.47 Å². The van der Waals surface area contributed by atoms with Crippen LogP contribution in [0.5, 0.6) is 11.5 Å². The standard InChI is InChI=1S/C30H33FO4/c1-18(29(32)33)23-12-8-20-7-9-22(16-25(20)23)35-17-19-6-11-24(27(14-19)30(2,3)4)26-15-21(34-5)10-13-28(26)31/h6-7,9-11,13-16,18,23H,8,12,17H2,1-5H3,(H,32,33)/t18?,23-/m1/s1. The molecule has 0 aliphatic heterocycles. The summed E-state index contributed by atoms with van der Waals surface area (Å²) >= 11 is 0. The first-order valence-corrected chi connectivity index (χ1v) is 12.0. The number of hydrogen-bond donors (Lipinski definition) is 1. The zero-order valence-corrected chi connectivity index (χ0v) is 21.0. The van der Waals surface area contributed by atoms with Crippen LogP contribution in [0.4, 0.5) is 4.39 Å². The molecule has 0 spiro atoms. The van der Waals surface area contributed by atoms with Crippen LogP contribution >= 0.6 is 0 Å². The number of aliphatic carboxylic acids is 1. The lowest BCUT2D eigenvalue weighted by atomic mass is 9.81. The monoisotopic (exact) mass is 476 g/mol. The Bertz CT molecular complexity index is 1240. The van der Waals surface area contributed by atoms with E-state index in [0.717, 1.165) is 40.8 Å². The van der Waals surface area contributed by atoms with Gasteiger partial charge in [0.05, 0.1) is 13.0 Å². The molecule has 3 aromatic carbocycles. The zero-order chi connectivity index (χ0) is 25.3. The highest BCUT2D eigenvalue weighted by molar-refractivity contribution is 5.72. The minimum Gasteiger partial charge on any atom is -0.497 e. The number of aryl methyl sites for hydroxylation is 1. The Kier molecular flexibility index (Phi) is 6.88. The van der Waals surface area contributed by atoms with Crippen molar-refractivity contribution >= 4 is 5.97 Å². The van der Waals surface area contributed by atoms with Gasteiger partial charge in [-0.1, -0.05) is 52.0 Å². The van der Waals surface area contributed by atoms with Crippen LogP contribution in [0.15, 0.2) is 54.6 Å². The maximum atomic E-state index is 14.8. The molecule has 3 aromatic rings. The molecule has 1 aliphatic rings. The van der Waals surface area contributed by atoms with Crippen LogP contribution in [-0.2, 0) is 23.2 Å². The topological polar surface area (TPSA) is 55.8 Å². The van der Waals surface area contributed by atoms with Crippen molar-refractivity contribution in [3.05, 3.63) is 82.7 Å². The lowest BCUT2D eigenvalue weighted by Crippen LogP contribution is -2.17. The average Bonchev–Trinajstić information content (AvgIpc) is 3.25. The van der Waals surface area contributed by atoms with E-state index >= 15 is 0 Å². The van der Waals surface area contributed by atoms with Gasteiger partial charge in [0.2, 0.25) is 0 Å². The third kappa shape index (κ3) is 5.19. The van der Waals surface area contributed by atoms with Crippen molar-refractivity contribution in [2.75, 3.05) is 7.11 Å². The summed E-state index contributed by atoms with van der Waals surface area (Å²) in [5.74, 6) is -0.129. The molecule has 1 aliphatic carbocycles. The molecule has 1 unspecified atom stereocenters. The van der Waals surface area contributed by atoms with Gasteiger partial charge in [0.15, 0.2) is 0 Å². The van der Waals surface area contributed by atoms with Crippen molar-refractivity contribution in [3.8, 4) is 22.6 Å². The van der Waals surface area contributed by atoms with Crippen LogP contribution in [0.1, 0.15) is 62.3 Å². The summed E-state index contributed by atoms with van der Waals surface area (Å²) in [4.78, 5) is 11.5. The molecule has 0 saturated heterocycles. The van der Waals surface area contributed by atoms with Gasteiger partial charge in [-0.05, 0) is 82.3 Å². The number of methoxy groups -OCH3 is 1. The van der Waals surface area contributed by atoms with Gasteiger partial charge >= 0.3 is 5.97 Å². The smallest absolute Gasteiger partial charge is 0.306 e. The molecule has 35 heavy (non-hydrogen) atoms. The number of fused-ring (bicyclic) bond motifs is 1. The fraction of sp³-hybridized carbons (Fsp3) is 0.367. The molecule has 4 nitrogen and oxygen atoms in total. The Morgan fingerprint density at radius 3 is 2.49 bits per heavy atom.